The predicted octanol–water partition coefficient (Wildman–Crippen LogP) is 9.05. The molecule has 0 bridgehead atoms. The van der Waals surface area contributed by atoms with Gasteiger partial charge in [0.2, 0.25) is 0 Å². The van der Waals surface area contributed by atoms with Crippen molar-refractivity contribution in [2.24, 2.45) is 4.99 Å². The fraction of sp³-hybridized carbons (Fsp3) is 0.0571. The van der Waals surface area contributed by atoms with Gasteiger partial charge in [0.15, 0.2) is 0 Å². The quantitative estimate of drug-likeness (QED) is 0.179. The van der Waals surface area contributed by atoms with Crippen LogP contribution in [0.25, 0.3) is 54.9 Å². The van der Waals surface area contributed by atoms with Crippen LogP contribution in [-0.2, 0) is 0 Å². The minimum absolute atomic E-state index is 0.847. The predicted molar refractivity (Wildman–Crippen MR) is 158 cm³/mol. The highest BCUT2D eigenvalue weighted by Gasteiger charge is 2.19. The molecule has 0 saturated carbocycles. The first-order valence-electron chi connectivity index (χ1n) is 12.5. The third-order valence-corrected chi connectivity index (χ3v) is 6.99. The molecule has 0 saturated heterocycles. The Morgan fingerprint density at radius 3 is 1.84 bits per heavy atom. The molecule has 6 rings (SSSR count). The topological polar surface area (TPSA) is 21.6 Å². The lowest BCUT2D eigenvalue weighted by Gasteiger charge is -2.20. The number of methoxy groups -OCH3 is 1. The molecule has 6 aromatic rings. The molecule has 37 heavy (non-hydrogen) atoms. The van der Waals surface area contributed by atoms with E-state index in [1.54, 1.807) is 7.11 Å². The summed E-state index contributed by atoms with van der Waals surface area (Å²) < 4.78 is 5.47. The van der Waals surface area contributed by atoms with E-state index in [0.717, 1.165) is 16.9 Å². The van der Waals surface area contributed by atoms with E-state index in [4.69, 9.17) is 4.74 Å². The molecule has 0 unspecified atom stereocenters. The van der Waals surface area contributed by atoms with Crippen LogP contribution in [0.15, 0.2) is 126 Å². The molecule has 0 amide bonds. The zero-order chi connectivity index (χ0) is 25.2. The number of ether oxygens (including phenoxy) is 1. The van der Waals surface area contributed by atoms with Crippen LogP contribution in [0.3, 0.4) is 0 Å². The van der Waals surface area contributed by atoms with Crippen LogP contribution in [-0.4, -0.2) is 20.4 Å². The molecule has 0 heterocycles. The minimum Gasteiger partial charge on any atom is -0.497 e. The normalized spacial score (nSPS) is 11.4. The van der Waals surface area contributed by atoms with Gasteiger partial charge in [0, 0.05) is 18.8 Å². The van der Waals surface area contributed by atoms with Crippen molar-refractivity contribution in [1.29, 1.82) is 0 Å². The number of fused-ring (bicyclic) bond motifs is 3. The molecule has 2 heteroatoms. The highest BCUT2D eigenvalue weighted by Crippen LogP contribution is 2.45. The molecule has 2 nitrogen and oxygen atoms in total. The van der Waals surface area contributed by atoms with Crippen molar-refractivity contribution in [3.63, 3.8) is 0 Å². The van der Waals surface area contributed by atoms with E-state index in [2.05, 4.69) is 114 Å². The summed E-state index contributed by atoms with van der Waals surface area (Å²) in [6.07, 6.45) is 2.01. The Bertz CT molecular complexity index is 1730. The van der Waals surface area contributed by atoms with Gasteiger partial charge >= 0.3 is 0 Å². The van der Waals surface area contributed by atoms with Gasteiger partial charge in [0.1, 0.15) is 5.75 Å². The second-order valence-electron chi connectivity index (χ2n) is 9.13. The maximum absolute atomic E-state index is 5.47. The standard InChI is InChI=1S/C35H27NO/c1-36-23-33-30-16-10-9-15-29(30)32-22-27(24-11-5-3-6-12-24)21-31(25-17-19-28(37-2)20-18-25)35(32)34(33)26-13-7-4-8-14-26/h3-23H,1-2H3. The largest absolute Gasteiger partial charge is 0.497 e. The van der Waals surface area contributed by atoms with Gasteiger partial charge in [-0.1, -0.05) is 97.1 Å². The SMILES string of the molecule is CN=Cc1c(-c2ccccc2)c2c(-c3ccc(OC)cc3)cc(-c3ccccc3)cc2c2ccccc12. The smallest absolute Gasteiger partial charge is 0.118 e. The van der Waals surface area contributed by atoms with Crippen LogP contribution in [0.2, 0.25) is 0 Å². The fourth-order valence-electron chi connectivity index (χ4n) is 5.31. The van der Waals surface area contributed by atoms with Crippen molar-refractivity contribution in [2.75, 3.05) is 14.2 Å². The lowest BCUT2D eigenvalue weighted by Crippen LogP contribution is -1.97. The van der Waals surface area contributed by atoms with Crippen molar-refractivity contribution in [1.82, 2.24) is 0 Å². The Kier molecular flexibility index (Phi) is 6.00. The van der Waals surface area contributed by atoms with E-state index in [1.165, 1.54) is 49.4 Å². The van der Waals surface area contributed by atoms with Gasteiger partial charge in [-0.2, -0.15) is 0 Å². The van der Waals surface area contributed by atoms with Gasteiger partial charge < -0.3 is 4.74 Å². The maximum atomic E-state index is 5.47. The molecule has 178 valence electrons. The number of hydrogen-bond donors (Lipinski definition) is 0. The van der Waals surface area contributed by atoms with E-state index in [9.17, 15) is 0 Å². The maximum Gasteiger partial charge on any atom is 0.118 e. The highest BCUT2D eigenvalue weighted by atomic mass is 16.5. The minimum atomic E-state index is 0.847. The average molecular weight is 478 g/mol. The van der Waals surface area contributed by atoms with Crippen LogP contribution in [0.4, 0.5) is 0 Å². The Morgan fingerprint density at radius 1 is 0.568 bits per heavy atom. The summed E-state index contributed by atoms with van der Waals surface area (Å²) in [5, 5.41) is 4.88. The Hall–Kier alpha value is -4.69. The first-order valence-corrected chi connectivity index (χ1v) is 12.5. The molecule has 0 aromatic heterocycles. The molecule has 6 aromatic carbocycles. The van der Waals surface area contributed by atoms with Crippen molar-refractivity contribution >= 4 is 27.8 Å². The van der Waals surface area contributed by atoms with E-state index in [1.807, 2.05) is 25.4 Å². The number of rotatable bonds is 5. The first-order chi connectivity index (χ1) is 18.3. The molecular weight excluding hydrogens is 450 g/mol. The van der Waals surface area contributed by atoms with Crippen molar-refractivity contribution in [3.8, 4) is 39.1 Å². The van der Waals surface area contributed by atoms with Crippen LogP contribution < -0.4 is 4.74 Å². The highest BCUT2D eigenvalue weighted by molar-refractivity contribution is 6.25. The lowest BCUT2D eigenvalue weighted by molar-refractivity contribution is 0.415. The van der Waals surface area contributed by atoms with E-state index < -0.39 is 0 Å². The Morgan fingerprint density at radius 2 is 1.19 bits per heavy atom. The molecule has 0 spiro atoms. The zero-order valence-electron chi connectivity index (χ0n) is 21.0. The molecule has 0 atom stereocenters. The number of aliphatic imine (C=N–C) groups is 1. The average Bonchev–Trinajstić information content (AvgIpc) is 2.98. The molecule has 0 N–H and O–H groups in total. The third kappa shape index (κ3) is 4.07. The summed E-state index contributed by atoms with van der Waals surface area (Å²) >= 11 is 0. The number of hydrogen-bond acceptors (Lipinski definition) is 2. The van der Waals surface area contributed by atoms with Crippen molar-refractivity contribution in [3.05, 3.63) is 127 Å². The summed E-state index contributed by atoms with van der Waals surface area (Å²) in [6.45, 7) is 0. The second kappa shape index (κ2) is 9.75. The summed E-state index contributed by atoms with van der Waals surface area (Å²) in [7, 11) is 3.55. The molecule has 0 aliphatic heterocycles. The Labute approximate surface area is 217 Å². The second-order valence-corrected chi connectivity index (χ2v) is 9.13. The van der Waals surface area contributed by atoms with Crippen LogP contribution >= 0.6 is 0 Å². The monoisotopic (exact) mass is 477 g/mol. The third-order valence-electron chi connectivity index (χ3n) is 6.99. The van der Waals surface area contributed by atoms with Gasteiger partial charge in [-0.05, 0) is 79.2 Å². The molecule has 0 aliphatic carbocycles. The van der Waals surface area contributed by atoms with E-state index >= 15 is 0 Å². The zero-order valence-corrected chi connectivity index (χ0v) is 21.0. The summed E-state index contributed by atoms with van der Waals surface area (Å²) in [5.74, 6) is 0.847. The van der Waals surface area contributed by atoms with Gasteiger partial charge in [-0.15, -0.1) is 0 Å². The lowest BCUT2D eigenvalue weighted by atomic mass is 9.83. The number of benzene rings is 6. The van der Waals surface area contributed by atoms with Gasteiger partial charge in [0.05, 0.1) is 7.11 Å². The number of nitrogens with zero attached hydrogens (tertiary/aromatic N) is 1. The van der Waals surface area contributed by atoms with Gasteiger partial charge in [0.25, 0.3) is 0 Å². The Balaban J connectivity index is 1.84. The van der Waals surface area contributed by atoms with Crippen molar-refractivity contribution < 1.29 is 4.74 Å². The first kappa shape index (κ1) is 22.8. The fourth-order valence-corrected chi connectivity index (χ4v) is 5.31. The van der Waals surface area contributed by atoms with Crippen LogP contribution in [0, 0.1) is 0 Å². The molecule has 0 radical (unpaired) electrons. The van der Waals surface area contributed by atoms with Crippen LogP contribution in [0.5, 0.6) is 5.75 Å². The summed E-state index contributed by atoms with van der Waals surface area (Å²) in [5.41, 5.74) is 8.24. The van der Waals surface area contributed by atoms with Gasteiger partial charge in [-0.25, -0.2) is 0 Å². The van der Waals surface area contributed by atoms with Crippen LogP contribution in [0.1, 0.15) is 5.56 Å². The summed E-state index contributed by atoms with van der Waals surface area (Å²) in [4.78, 5) is 4.50. The molecule has 0 fully saturated rings. The summed E-state index contributed by atoms with van der Waals surface area (Å²) in [6, 6.07) is 43.0. The van der Waals surface area contributed by atoms with E-state index in [0.29, 0.717) is 0 Å². The van der Waals surface area contributed by atoms with Gasteiger partial charge in [-0.3, -0.25) is 4.99 Å². The molecular formula is C35H27NO. The van der Waals surface area contributed by atoms with Crippen molar-refractivity contribution in [2.45, 2.75) is 0 Å². The van der Waals surface area contributed by atoms with E-state index in [-0.39, 0.29) is 0 Å². The molecule has 0 aliphatic rings.